The van der Waals surface area contributed by atoms with Crippen LogP contribution in [0.4, 0.5) is 0 Å². The molecule has 0 aliphatic heterocycles. The number of hydrogen-bond donors (Lipinski definition) is 1. The van der Waals surface area contributed by atoms with Crippen LogP contribution in [-0.2, 0) is 13.2 Å². The first-order chi connectivity index (χ1) is 20.5. The monoisotopic (exact) mass is 564 g/mol. The van der Waals surface area contributed by atoms with Crippen molar-refractivity contribution in [2.45, 2.75) is 39.9 Å². The molecule has 0 saturated heterocycles. The Bertz CT molecular complexity index is 1660. The van der Waals surface area contributed by atoms with Crippen LogP contribution in [0, 0.1) is 0 Å². The first-order valence-electron chi connectivity index (χ1n) is 13.7. The molecule has 2 aromatic heterocycles. The van der Waals surface area contributed by atoms with Gasteiger partial charge < -0.3 is 23.8 Å². The van der Waals surface area contributed by atoms with Crippen LogP contribution in [0.15, 0.2) is 88.4 Å². The van der Waals surface area contributed by atoms with Gasteiger partial charge in [-0.15, -0.1) is 0 Å². The van der Waals surface area contributed by atoms with Crippen LogP contribution in [0.5, 0.6) is 11.5 Å². The first kappa shape index (κ1) is 28.4. The van der Waals surface area contributed by atoms with Gasteiger partial charge in [-0.05, 0) is 41.7 Å². The SMILES string of the molecule is C=Cc1nc(-c2c(C(=O)NCC)noc2-c2cc(C(C)C)c(OCc3ccccc3)cc2OCc2ccccc2)no1. The van der Waals surface area contributed by atoms with Gasteiger partial charge in [0.2, 0.25) is 11.7 Å². The molecule has 0 fully saturated rings. The number of carbonyl (C=O) groups excluding carboxylic acids is 1. The van der Waals surface area contributed by atoms with Gasteiger partial charge in [0.25, 0.3) is 5.91 Å². The maximum atomic E-state index is 13.0. The molecule has 0 aliphatic rings. The average Bonchev–Trinajstić information content (AvgIpc) is 3.67. The van der Waals surface area contributed by atoms with Crippen LogP contribution in [0.2, 0.25) is 0 Å². The van der Waals surface area contributed by atoms with Gasteiger partial charge in [0.15, 0.2) is 11.5 Å². The molecule has 2 heterocycles. The minimum absolute atomic E-state index is 0.0350. The Hall–Kier alpha value is -5.18. The lowest BCUT2D eigenvalue weighted by Gasteiger charge is -2.19. The van der Waals surface area contributed by atoms with Crippen LogP contribution >= 0.6 is 0 Å². The lowest BCUT2D eigenvalue weighted by Crippen LogP contribution is -2.23. The van der Waals surface area contributed by atoms with E-state index in [0.717, 1.165) is 16.7 Å². The fourth-order valence-electron chi connectivity index (χ4n) is 4.42. The van der Waals surface area contributed by atoms with E-state index < -0.39 is 5.91 Å². The quantitative estimate of drug-likeness (QED) is 0.171. The Balaban J connectivity index is 1.65. The third kappa shape index (κ3) is 6.25. The summed E-state index contributed by atoms with van der Waals surface area (Å²) in [4.78, 5) is 17.4. The highest BCUT2D eigenvalue weighted by atomic mass is 16.5. The Kier molecular flexibility index (Phi) is 8.77. The van der Waals surface area contributed by atoms with Crippen molar-refractivity contribution in [1.29, 1.82) is 0 Å². The van der Waals surface area contributed by atoms with Crippen molar-refractivity contribution in [3.63, 3.8) is 0 Å². The number of carbonyl (C=O) groups is 1. The summed E-state index contributed by atoms with van der Waals surface area (Å²) < 4.78 is 23.9. The summed E-state index contributed by atoms with van der Waals surface area (Å²) in [6, 6.07) is 23.6. The standard InChI is InChI=1S/C33H32N4O5/c1-5-28-35-32(37-41-28)29-30(33(38)34-6-2)36-42-31(29)25-17-24(21(3)4)26(39-19-22-13-9-7-10-14-22)18-27(25)40-20-23-15-11-8-12-16-23/h5,7-18,21H,1,6,19-20H2,2-4H3,(H,34,38). The predicted octanol–water partition coefficient (Wildman–Crippen LogP) is 7.07. The second-order valence-electron chi connectivity index (χ2n) is 9.84. The highest BCUT2D eigenvalue weighted by molar-refractivity contribution is 6.01. The molecule has 9 heteroatoms. The minimum atomic E-state index is -0.425. The third-order valence-electron chi connectivity index (χ3n) is 6.54. The fourth-order valence-corrected chi connectivity index (χ4v) is 4.42. The summed E-state index contributed by atoms with van der Waals surface area (Å²) in [6.07, 6.45) is 1.43. The van der Waals surface area contributed by atoms with E-state index in [9.17, 15) is 4.79 Å². The Morgan fingerprint density at radius 3 is 2.14 bits per heavy atom. The summed E-state index contributed by atoms with van der Waals surface area (Å²) in [5, 5.41) is 11.0. The molecule has 5 rings (SSSR count). The number of nitrogens with zero attached hydrogens (tertiary/aromatic N) is 3. The van der Waals surface area contributed by atoms with Crippen LogP contribution < -0.4 is 14.8 Å². The number of amides is 1. The van der Waals surface area contributed by atoms with Crippen molar-refractivity contribution in [3.8, 4) is 34.2 Å². The Labute approximate surface area is 244 Å². The summed E-state index contributed by atoms with van der Waals surface area (Å²) >= 11 is 0. The first-order valence-corrected chi connectivity index (χ1v) is 13.7. The number of nitrogens with one attached hydrogen (secondary N) is 1. The number of ether oxygens (including phenoxy) is 2. The van der Waals surface area contributed by atoms with Gasteiger partial charge in [0, 0.05) is 12.6 Å². The molecule has 1 amide bonds. The Morgan fingerprint density at radius 1 is 0.929 bits per heavy atom. The van der Waals surface area contributed by atoms with E-state index in [1.165, 1.54) is 6.08 Å². The zero-order valence-corrected chi connectivity index (χ0v) is 23.8. The molecule has 1 N–H and O–H groups in total. The zero-order chi connectivity index (χ0) is 29.5. The number of benzene rings is 3. The number of aromatic nitrogens is 3. The van der Waals surface area contributed by atoms with E-state index >= 15 is 0 Å². The van der Waals surface area contributed by atoms with E-state index in [2.05, 4.69) is 41.0 Å². The van der Waals surface area contributed by atoms with Gasteiger partial charge >= 0.3 is 0 Å². The largest absolute Gasteiger partial charge is 0.488 e. The van der Waals surface area contributed by atoms with Gasteiger partial charge in [0.05, 0.1) is 5.56 Å². The van der Waals surface area contributed by atoms with Crippen LogP contribution in [-0.4, -0.2) is 27.7 Å². The molecule has 214 valence electrons. The van der Waals surface area contributed by atoms with Gasteiger partial charge in [-0.1, -0.05) is 91.4 Å². The number of hydrogen-bond acceptors (Lipinski definition) is 8. The van der Waals surface area contributed by atoms with E-state index in [4.69, 9.17) is 18.5 Å². The van der Waals surface area contributed by atoms with E-state index in [1.54, 1.807) is 0 Å². The predicted molar refractivity (Wildman–Crippen MR) is 159 cm³/mol. The maximum absolute atomic E-state index is 13.0. The normalized spacial score (nSPS) is 11.0. The summed E-state index contributed by atoms with van der Waals surface area (Å²) in [7, 11) is 0. The average molecular weight is 565 g/mol. The third-order valence-corrected chi connectivity index (χ3v) is 6.54. The van der Waals surface area contributed by atoms with E-state index in [1.807, 2.05) is 79.7 Å². The molecular formula is C33H32N4O5. The molecule has 5 aromatic rings. The Morgan fingerprint density at radius 2 is 1.57 bits per heavy atom. The summed E-state index contributed by atoms with van der Waals surface area (Å²) in [5.74, 6) is 1.44. The van der Waals surface area contributed by atoms with Crippen molar-refractivity contribution in [3.05, 3.63) is 108 Å². The van der Waals surface area contributed by atoms with Crippen molar-refractivity contribution in [1.82, 2.24) is 20.6 Å². The van der Waals surface area contributed by atoms with Crippen LogP contribution in [0.25, 0.3) is 28.8 Å². The fraction of sp³-hybridized carbons (Fsp3) is 0.212. The van der Waals surface area contributed by atoms with Crippen molar-refractivity contribution in [2.75, 3.05) is 6.54 Å². The molecule has 0 aliphatic carbocycles. The second-order valence-corrected chi connectivity index (χ2v) is 9.84. The highest BCUT2D eigenvalue weighted by Crippen LogP contribution is 2.44. The van der Waals surface area contributed by atoms with E-state index in [0.29, 0.717) is 36.8 Å². The smallest absolute Gasteiger partial charge is 0.274 e. The molecule has 0 bridgehead atoms. The molecule has 0 unspecified atom stereocenters. The lowest BCUT2D eigenvalue weighted by atomic mass is 9.96. The summed E-state index contributed by atoms with van der Waals surface area (Å²) in [5.41, 5.74) is 3.85. The molecule has 3 aromatic carbocycles. The molecule has 0 radical (unpaired) electrons. The lowest BCUT2D eigenvalue weighted by molar-refractivity contribution is 0.0947. The topological polar surface area (TPSA) is 113 Å². The molecule has 0 spiro atoms. The van der Waals surface area contributed by atoms with E-state index in [-0.39, 0.29) is 34.7 Å². The molecule has 0 atom stereocenters. The van der Waals surface area contributed by atoms with Crippen molar-refractivity contribution < 1.29 is 23.3 Å². The zero-order valence-electron chi connectivity index (χ0n) is 23.8. The van der Waals surface area contributed by atoms with Gasteiger partial charge in [-0.2, -0.15) is 4.98 Å². The maximum Gasteiger partial charge on any atom is 0.274 e. The molecule has 9 nitrogen and oxygen atoms in total. The summed E-state index contributed by atoms with van der Waals surface area (Å²) in [6.45, 7) is 10.8. The molecule has 42 heavy (non-hydrogen) atoms. The van der Waals surface area contributed by atoms with Crippen molar-refractivity contribution >= 4 is 12.0 Å². The highest BCUT2D eigenvalue weighted by Gasteiger charge is 2.30. The second kappa shape index (κ2) is 13.0. The van der Waals surface area contributed by atoms with Gasteiger partial charge in [-0.3, -0.25) is 4.79 Å². The van der Waals surface area contributed by atoms with Crippen molar-refractivity contribution in [2.24, 2.45) is 0 Å². The van der Waals surface area contributed by atoms with Crippen LogP contribution in [0.1, 0.15) is 59.8 Å². The minimum Gasteiger partial charge on any atom is -0.488 e. The molecular weight excluding hydrogens is 532 g/mol. The van der Waals surface area contributed by atoms with Gasteiger partial charge in [-0.25, -0.2) is 0 Å². The van der Waals surface area contributed by atoms with Crippen LogP contribution in [0.3, 0.4) is 0 Å². The number of rotatable bonds is 12. The van der Waals surface area contributed by atoms with Gasteiger partial charge in [0.1, 0.15) is 30.3 Å². The molecule has 0 saturated carbocycles.